The second-order valence-electron chi connectivity index (χ2n) is 7.24. The molecule has 0 unspecified atom stereocenters. The quantitative estimate of drug-likeness (QED) is 0.592. The van der Waals surface area contributed by atoms with Crippen LogP contribution in [-0.2, 0) is 13.6 Å². The molecule has 0 radical (unpaired) electrons. The molecule has 3 rings (SSSR count). The molecule has 1 aromatic carbocycles. The molecule has 5 heteroatoms. The summed E-state index contributed by atoms with van der Waals surface area (Å²) < 4.78 is 26.2. The molecular weight excluding hydrogens is 321 g/mol. The van der Waals surface area contributed by atoms with Gasteiger partial charge in [-0.2, -0.15) is 0 Å². The molecule has 134 valence electrons. The van der Waals surface area contributed by atoms with Crippen molar-refractivity contribution in [2.24, 2.45) is 0 Å². The average Bonchev–Trinajstić information content (AvgIpc) is 2.56. The van der Waals surface area contributed by atoms with Gasteiger partial charge >= 0.3 is 7.60 Å². The first-order valence-electron chi connectivity index (χ1n) is 9.41. The molecule has 24 heavy (non-hydrogen) atoms. The van der Waals surface area contributed by atoms with Gasteiger partial charge in [0.05, 0.1) is 17.5 Å². The molecule has 0 saturated heterocycles. The fourth-order valence-electron chi connectivity index (χ4n) is 3.92. The average molecular weight is 351 g/mol. The van der Waals surface area contributed by atoms with Crippen LogP contribution in [0.15, 0.2) is 18.2 Å². The number of benzene rings is 1. The van der Waals surface area contributed by atoms with Crippen molar-refractivity contribution in [1.82, 2.24) is 0 Å². The lowest BCUT2D eigenvalue weighted by Crippen LogP contribution is -2.27. The number of hydrogen-bond acceptors (Lipinski definition) is 4. The second-order valence-corrected chi connectivity index (χ2v) is 9.10. The largest absolute Gasteiger partial charge is 0.398 e. The Balaban J connectivity index is 1.88. The number of aryl methyl sites for hydroxylation is 1. The molecule has 2 aliphatic rings. The van der Waals surface area contributed by atoms with Crippen LogP contribution in [0.1, 0.15) is 69.8 Å². The van der Waals surface area contributed by atoms with E-state index in [1.54, 1.807) is 6.07 Å². The van der Waals surface area contributed by atoms with Gasteiger partial charge in [0.15, 0.2) is 0 Å². The van der Waals surface area contributed by atoms with Gasteiger partial charge in [-0.15, -0.1) is 0 Å². The van der Waals surface area contributed by atoms with Crippen LogP contribution in [0, 0.1) is 6.92 Å². The maximum Gasteiger partial charge on any atom is 0.364 e. The minimum absolute atomic E-state index is 0.0205. The monoisotopic (exact) mass is 351 g/mol. The van der Waals surface area contributed by atoms with Crippen LogP contribution in [0.4, 0.5) is 5.69 Å². The van der Waals surface area contributed by atoms with E-state index in [0.29, 0.717) is 11.0 Å². The van der Waals surface area contributed by atoms with E-state index in [1.807, 2.05) is 19.1 Å². The third kappa shape index (κ3) is 4.22. The standard InChI is InChI=1S/C19H30NO3P/c1-15-9-8-14-18(20)19(15)24(21,22-16-10-4-2-5-11-16)23-17-12-6-3-7-13-17/h8-9,14,16-17H,2-7,10-13,20H2,1H3. The van der Waals surface area contributed by atoms with Gasteiger partial charge in [-0.05, 0) is 44.2 Å². The third-order valence-electron chi connectivity index (χ3n) is 5.22. The van der Waals surface area contributed by atoms with E-state index >= 15 is 0 Å². The topological polar surface area (TPSA) is 61.6 Å². The normalized spacial score (nSPS) is 21.0. The van der Waals surface area contributed by atoms with Crippen molar-refractivity contribution in [2.45, 2.75) is 83.3 Å². The lowest BCUT2D eigenvalue weighted by molar-refractivity contribution is 0.0846. The minimum atomic E-state index is -3.41. The van der Waals surface area contributed by atoms with E-state index in [9.17, 15) is 4.57 Å². The predicted molar refractivity (Wildman–Crippen MR) is 98.7 cm³/mol. The van der Waals surface area contributed by atoms with Crippen molar-refractivity contribution < 1.29 is 13.6 Å². The van der Waals surface area contributed by atoms with E-state index in [1.165, 1.54) is 12.8 Å². The van der Waals surface area contributed by atoms with Crippen LogP contribution in [0.25, 0.3) is 0 Å². The highest BCUT2D eigenvalue weighted by Crippen LogP contribution is 2.54. The molecule has 0 atom stereocenters. The van der Waals surface area contributed by atoms with E-state index in [-0.39, 0.29) is 12.2 Å². The minimum Gasteiger partial charge on any atom is -0.398 e. The fraction of sp³-hybridized carbons (Fsp3) is 0.684. The second kappa shape index (κ2) is 8.03. The highest BCUT2D eigenvalue weighted by molar-refractivity contribution is 7.62. The molecule has 2 N–H and O–H groups in total. The van der Waals surface area contributed by atoms with Gasteiger partial charge in [-0.3, -0.25) is 4.57 Å². The molecule has 0 aromatic heterocycles. The number of anilines is 1. The molecule has 2 saturated carbocycles. The summed E-state index contributed by atoms with van der Waals surface area (Å²) in [5.41, 5.74) is 7.60. The highest BCUT2D eigenvalue weighted by atomic mass is 31.2. The summed E-state index contributed by atoms with van der Waals surface area (Å²) >= 11 is 0. The summed E-state index contributed by atoms with van der Waals surface area (Å²) in [4.78, 5) is 0. The van der Waals surface area contributed by atoms with Gasteiger partial charge in [0.1, 0.15) is 0 Å². The molecule has 0 heterocycles. The van der Waals surface area contributed by atoms with Crippen molar-refractivity contribution in [1.29, 1.82) is 0 Å². The SMILES string of the molecule is Cc1cccc(N)c1P(=O)(OC1CCCCC1)OC1CCCCC1. The van der Waals surface area contributed by atoms with E-state index in [2.05, 4.69) is 0 Å². The first-order chi connectivity index (χ1) is 11.6. The number of hydrogen-bond donors (Lipinski definition) is 1. The molecular formula is C19H30NO3P. The summed E-state index contributed by atoms with van der Waals surface area (Å²) in [6, 6.07) is 5.62. The zero-order valence-corrected chi connectivity index (χ0v) is 15.6. The first kappa shape index (κ1) is 18.0. The summed E-state index contributed by atoms with van der Waals surface area (Å²) in [5, 5.41) is 0.584. The Labute approximate surface area is 145 Å². The van der Waals surface area contributed by atoms with Crippen molar-refractivity contribution in [2.75, 3.05) is 5.73 Å². The number of rotatable bonds is 5. The van der Waals surface area contributed by atoms with Crippen LogP contribution in [0.3, 0.4) is 0 Å². The predicted octanol–water partition coefficient (Wildman–Crippen LogP) is 5.09. The zero-order chi connectivity index (χ0) is 17.0. The number of nitrogen functional groups attached to an aromatic ring is 1. The van der Waals surface area contributed by atoms with Gasteiger partial charge in [-0.1, -0.05) is 50.7 Å². The van der Waals surface area contributed by atoms with Crippen LogP contribution in [0.5, 0.6) is 0 Å². The lowest BCUT2D eigenvalue weighted by atomic mass is 9.98. The molecule has 2 aliphatic carbocycles. The molecule has 0 amide bonds. The molecule has 0 aliphatic heterocycles. The van der Waals surface area contributed by atoms with Crippen LogP contribution < -0.4 is 11.0 Å². The summed E-state index contributed by atoms with van der Waals surface area (Å²) in [5.74, 6) is 0. The van der Waals surface area contributed by atoms with Crippen LogP contribution in [0.2, 0.25) is 0 Å². The van der Waals surface area contributed by atoms with Crippen molar-refractivity contribution >= 4 is 18.6 Å². The van der Waals surface area contributed by atoms with E-state index in [0.717, 1.165) is 56.9 Å². The molecule has 4 nitrogen and oxygen atoms in total. The highest BCUT2D eigenvalue weighted by Gasteiger charge is 2.37. The van der Waals surface area contributed by atoms with Crippen molar-refractivity contribution in [3.8, 4) is 0 Å². The molecule has 1 aromatic rings. The van der Waals surface area contributed by atoms with Gasteiger partial charge in [-0.25, -0.2) is 0 Å². The lowest BCUT2D eigenvalue weighted by Gasteiger charge is -2.32. The maximum atomic E-state index is 13.9. The first-order valence-corrected chi connectivity index (χ1v) is 11.0. The van der Waals surface area contributed by atoms with E-state index < -0.39 is 7.60 Å². The third-order valence-corrected chi connectivity index (χ3v) is 7.53. The van der Waals surface area contributed by atoms with Gasteiger partial charge < -0.3 is 14.8 Å². The summed E-state index contributed by atoms with van der Waals surface area (Å²) in [6.45, 7) is 1.94. The van der Waals surface area contributed by atoms with Crippen molar-refractivity contribution in [3.63, 3.8) is 0 Å². The molecule has 0 bridgehead atoms. The Bertz CT molecular complexity index is 548. The Morgan fingerprint density at radius 2 is 1.42 bits per heavy atom. The van der Waals surface area contributed by atoms with Crippen LogP contribution in [-0.4, -0.2) is 12.2 Å². The summed E-state index contributed by atoms with van der Waals surface area (Å²) in [7, 11) is -3.41. The van der Waals surface area contributed by atoms with Gasteiger partial charge in [0.25, 0.3) is 0 Å². The molecule has 2 fully saturated rings. The fourth-order valence-corrected chi connectivity index (χ4v) is 6.28. The Hall–Kier alpha value is -0.830. The van der Waals surface area contributed by atoms with Crippen molar-refractivity contribution in [3.05, 3.63) is 23.8 Å². The summed E-state index contributed by atoms with van der Waals surface area (Å²) in [6.07, 6.45) is 10.9. The maximum absolute atomic E-state index is 13.9. The smallest absolute Gasteiger partial charge is 0.364 e. The Kier molecular flexibility index (Phi) is 6.02. The van der Waals surface area contributed by atoms with Crippen LogP contribution >= 0.6 is 7.60 Å². The Morgan fingerprint density at radius 1 is 0.917 bits per heavy atom. The number of nitrogens with two attached hydrogens (primary N) is 1. The molecule has 0 spiro atoms. The van der Waals surface area contributed by atoms with E-state index in [4.69, 9.17) is 14.8 Å². The van der Waals surface area contributed by atoms with Gasteiger partial charge in [0.2, 0.25) is 0 Å². The zero-order valence-electron chi connectivity index (χ0n) is 14.7. The Morgan fingerprint density at radius 3 is 1.88 bits per heavy atom. The van der Waals surface area contributed by atoms with Gasteiger partial charge in [0, 0.05) is 5.69 Å².